The minimum Gasteiger partial charge on any atom is -0.352 e. The van der Waals surface area contributed by atoms with Crippen LogP contribution in [-0.4, -0.2) is 10.9 Å². The van der Waals surface area contributed by atoms with Crippen LogP contribution in [0.1, 0.15) is 17.0 Å². The summed E-state index contributed by atoms with van der Waals surface area (Å²) in [7, 11) is 0. The number of carbonyl (C=O) groups excluding carboxylic acids is 1. The van der Waals surface area contributed by atoms with Crippen molar-refractivity contribution in [3.63, 3.8) is 0 Å². The summed E-state index contributed by atoms with van der Waals surface area (Å²) in [4.78, 5) is 15.3. The summed E-state index contributed by atoms with van der Waals surface area (Å²) in [5.41, 5.74) is 8.26. The molecule has 2 rings (SSSR count). The largest absolute Gasteiger partial charge is 0.352 e. The summed E-state index contributed by atoms with van der Waals surface area (Å²) >= 11 is 0. The SMILES string of the molecule is NCc1ccc2c(n1)CC(=O)NC2. The van der Waals surface area contributed by atoms with E-state index in [-0.39, 0.29) is 5.91 Å². The van der Waals surface area contributed by atoms with Crippen molar-refractivity contribution >= 4 is 5.91 Å². The highest BCUT2D eigenvalue weighted by Gasteiger charge is 2.15. The van der Waals surface area contributed by atoms with E-state index >= 15 is 0 Å². The van der Waals surface area contributed by atoms with Gasteiger partial charge in [-0.05, 0) is 11.6 Å². The molecular weight excluding hydrogens is 166 g/mol. The number of carbonyl (C=O) groups is 1. The van der Waals surface area contributed by atoms with Gasteiger partial charge in [0.15, 0.2) is 0 Å². The number of nitrogens with one attached hydrogen (secondary N) is 1. The van der Waals surface area contributed by atoms with Crippen molar-refractivity contribution in [3.8, 4) is 0 Å². The Labute approximate surface area is 76.2 Å². The lowest BCUT2D eigenvalue weighted by Gasteiger charge is -2.15. The molecule has 0 aromatic carbocycles. The maximum atomic E-state index is 11.0. The normalized spacial score (nSPS) is 15.0. The first-order valence-electron chi connectivity index (χ1n) is 4.24. The number of aromatic nitrogens is 1. The molecule has 1 aliphatic heterocycles. The van der Waals surface area contributed by atoms with Crippen molar-refractivity contribution in [1.82, 2.24) is 10.3 Å². The van der Waals surface area contributed by atoms with Gasteiger partial charge in [-0.3, -0.25) is 9.78 Å². The Kier molecular flexibility index (Phi) is 1.98. The van der Waals surface area contributed by atoms with Crippen LogP contribution >= 0.6 is 0 Å². The molecule has 0 saturated carbocycles. The Balaban J connectivity index is 2.38. The van der Waals surface area contributed by atoms with E-state index in [1.165, 1.54) is 0 Å². The molecule has 0 fully saturated rings. The molecular formula is C9H11N3O. The van der Waals surface area contributed by atoms with Gasteiger partial charge in [-0.1, -0.05) is 6.07 Å². The first-order chi connectivity index (χ1) is 6.29. The van der Waals surface area contributed by atoms with E-state index < -0.39 is 0 Å². The second-order valence-corrected chi connectivity index (χ2v) is 3.07. The van der Waals surface area contributed by atoms with Crippen LogP contribution in [-0.2, 0) is 24.3 Å². The highest BCUT2D eigenvalue weighted by atomic mass is 16.1. The van der Waals surface area contributed by atoms with E-state index in [0.29, 0.717) is 19.5 Å². The second kappa shape index (κ2) is 3.14. The van der Waals surface area contributed by atoms with Crippen molar-refractivity contribution in [1.29, 1.82) is 0 Å². The van der Waals surface area contributed by atoms with Gasteiger partial charge < -0.3 is 11.1 Å². The van der Waals surface area contributed by atoms with Crippen molar-refractivity contribution in [3.05, 3.63) is 29.1 Å². The van der Waals surface area contributed by atoms with E-state index in [2.05, 4.69) is 10.3 Å². The molecule has 1 amide bonds. The van der Waals surface area contributed by atoms with Gasteiger partial charge >= 0.3 is 0 Å². The molecule has 3 N–H and O–H groups in total. The first-order valence-corrected chi connectivity index (χ1v) is 4.24. The molecule has 0 bridgehead atoms. The topological polar surface area (TPSA) is 68.0 Å². The molecule has 0 unspecified atom stereocenters. The van der Waals surface area contributed by atoms with Gasteiger partial charge in [0.05, 0.1) is 17.8 Å². The minimum atomic E-state index is 0.0363. The number of pyridine rings is 1. The van der Waals surface area contributed by atoms with Gasteiger partial charge in [-0.2, -0.15) is 0 Å². The van der Waals surface area contributed by atoms with E-state index in [9.17, 15) is 4.79 Å². The third-order valence-corrected chi connectivity index (χ3v) is 2.14. The number of nitrogens with zero attached hydrogens (tertiary/aromatic N) is 1. The van der Waals surface area contributed by atoms with Crippen LogP contribution < -0.4 is 11.1 Å². The van der Waals surface area contributed by atoms with Crippen LogP contribution in [0.25, 0.3) is 0 Å². The third kappa shape index (κ3) is 1.53. The van der Waals surface area contributed by atoms with E-state index in [1.807, 2.05) is 12.1 Å². The molecule has 0 atom stereocenters. The number of hydrogen-bond donors (Lipinski definition) is 2. The van der Waals surface area contributed by atoms with Gasteiger partial charge in [0.1, 0.15) is 0 Å². The zero-order valence-corrected chi connectivity index (χ0v) is 7.21. The summed E-state index contributed by atoms with van der Waals surface area (Å²) < 4.78 is 0. The molecule has 0 aliphatic carbocycles. The molecule has 0 radical (unpaired) electrons. The molecule has 2 heterocycles. The van der Waals surface area contributed by atoms with Crippen LogP contribution in [0.2, 0.25) is 0 Å². The zero-order chi connectivity index (χ0) is 9.26. The molecule has 4 nitrogen and oxygen atoms in total. The lowest BCUT2D eigenvalue weighted by atomic mass is 10.1. The number of amides is 1. The van der Waals surface area contributed by atoms with Crippen LogP contribution in [0.15, 0.2) is 12.1 Å². The van der Waals surface area contributed by atoms with Crippen LogP contribution in [0, 0.1) is 0 Å². The zero-order valence-electron chi connectivity index (χ0n) is 7.21. The van der Waals surface area contributed by atoms with E-state index in [0.717, 1.165) is 17.0 Å². The van der Waals surface area contributed by atoms with E-state index in [1.54, 1.807) is 0 Å². The Morgan fingerprint density at radius 2 is 2.38 bits per heavy atom. The Bertz CT molecular complexity index is 349. The van der Waals surface area contributed by atoms with Crippen molar-refractivity contribution in [2.45, 2.75) is 19.5 Å². The second-order valence-electron chi connectivity index (χ2n) is 3.07. The Hall–Kier alpha value is -1.42. The maximum absolute atomic E-state index is 11.0. The van der Waals surface area contributed by atoms with Crippen molar-refractivity contribution in [2.75, 3.05) is 0 Å². The average Bonchev–Trinajstić information content (AvgIpc) is 2.16. The van der Waals surface area contributed by atoms with Crippen molar-refractivity contribution < 1.29 is 4.79 Å². The summed E-state index contributed by atoms with van der Waals surface area (Å²) in [6.07, 6.45) is 0.378. The molecule has 1 aliphatic rings. The van der Waals surface area contributed by atoms with Crippen LogP contribution in [0.5, 0.6) is 0 Å². The molecule has 0 saturated heterocycles. The third-order valence-electron chi connectivity index (χ3n) is 2.14. The summed E-state index contributed by atoms with van der Waals surface area (Å²) in [5, 5.41) is 2.77. The predicted octanol–water partition coefficient (Wildman–Crippen LogP) is -0.287. The molecule has 1 aromatic heterocycles. The molecule has 68 valence electrons. The lowest BCUT2D eigenvalue weighted by Crippen LogP contribution is -2.31. The molecule has 1 aromatic rings. The smallest absolute Gasteiger partial charge is 0.226 e. The van der Waals surface area contributed by atoms with Crippen LogP contribution in [0.3, 0.4) is 0 Å². The molecule has 4 heteroatoms. The average molecular weight is 177 g/mol. The number of rotatable bonds is 1. The maximum Gasteiger partial charge on any atom is 0.226 e. The number of fused-ring (bicyclic) bond motifs is 1. The highest BCUT2D eigenvalue weighted by Crippen LogP contribution is 2.12. The van der Waals surface area contributed by atoms with E-state index in [4.69, 9.17) is 5.73 Å². The first kappa shape index (κ1) is 8.19. The Morgan fingerprint density at radius 1 is 1.54 bits per heavy atom. The van der Waals surface area contributed by atoms with Gasteiger partial charge in [0.2, 0.25) is 5.91 Å². The van der Waals surface area contributed by atoms with Crippen LogP contribution in [0.4, 0.5) is 0 Å². The molecule has 0 spiro atoms. The number of hydrogen-bond acceptors (Lipinski definition) is 3. The Morgan fingerprint density at radius 3 is 3.15 bits per heavy atom. The standard InChI is InChI=1S/C9H11N3O/c10-4-7-2-1-6-5-11-9(13)3-8(6)12-7/h1-2H,3-5,10H2,(H,11,13). The highest BCUT2D eigenvalue weighted by molar-refractivity contribution is 5.80. The van der Waals surface area contributed by atoms with Crippen molar-refractivity contribution in [2.24, 2.45) is 5.73 Å². The molecule has 13 heavy (non-hydrogen) atoms. The predicted molar refractivity (Wildman–Crippen MR) is 47.7 cm³/mol. The fourth-order valence-corrected chi connectivity index (χ4v) is 1.41. The number of nitrogens with two attached hydrogens (primary N) is 1. The van der Waals surface area contributed by atoms with Gasteiger partial charge in [0, 0.05) is 13.1 Å². The summed E-state index contributed by atoms with van der Waals surface area (Å²) in [6, 6.07) is 3.88. The fourth-order valence-electron chi connectivity index (χ4n) is 1.41. The lowest BCUT2D eigenvalue weighted by molar-refractivity contribution is -0.121. The quantitative estimate of drug-likeness (QED) is 0.619. The summed E-state index contributed by atoms with van der Waals surface area (Å²) in [5.74, 6) is 0.0363. The van der Waals surface area contributed by atoms with Gasteiger partial charge in [-0.15, -0.1) is 0 Å². The summed E-state index contributed by atoms with van der Waals surface area (Å²) in [6.45, 7) is 1.01. The monoisotopic (exact) mass is 177 g/mol. The fraction of sp³-hybridized carbons (Fsp3) is 0.333. The van der Waals surface area contributed by atoms with Gasteiger partial charge in [0.25, 0.3) is 0 Å². The van der Waals surface area contributed by atoms with Gasteiger partial charge in [-0.25, -0.2) is 0 Å². The minimum absolute atomic E-state index is 0.0363.